The van der Waals surface area contributed by atoms with Gasteiger partial charge >= 0.3 is 51.4 Å². The van der Waals surface area contributed by atoms with Crippen molar-refractivity contribution in [3.8, 4) is 0 Å². The number of hydrogen-bond donors (Lipinski definition) is 0. The maximum Gasteiger partial charge on any atom is 1.00 e. The molecular weight excluding hydrogens is 619 g/mol. The molecule has 0 saturated carbocycles. The van der Waals surface area contributed by atoms with E-state index in [2.05, 4.69) is 44.5 Å². The summed E-state index contributed by atoms with van der Waals surface area (Å²) in [5.74, 6) is -0.599. The van der Waals surface area contributed by atoms with Crippen LogP contribution in [-0.2, 0) is 41.4 Å². The molecule has 2 saturated heterocycles. The summed E-state index contributed by atoms with van der Waals surface area (Å²) in [6, 6.07) is -0.452. The molecule has 176 valence electrons. The second-order valence-electron chi connectivity index (χ2n) is 6.60. The van der Waals surface area contributed by atoms with Gasteiger partial charge < -0.3 is 37.0 Å². The van der Waals surface area contributed by atoms with Crippen LogP contribution in [0.1, 0.15) is 20.8 Å². The fraction of sp³-hybridized carbons (Fsp3) is 0.647. The van der Waals surface area contributed by atoms with Crippen LogP contribution in [0.3, 0.4) is 0 Å². The van der Waals surface area contributed by atoms with Crippen LogP contribution >= 0.6 is 43.6 Å². The van der Waals surface area contributed by atoms with Gasteiger partial charge in [-0.05, 0) is 13.8 Å². The van der Waals surface area contributed by atoms with Gasteiger partial charge in [0.2, 0.25) is 5.91 Å². The van der Waals surface area contributed by atoms with E-state index >= 15 is 0 Å². The zero-order valence-corrected chi connectivity index (χ0v) is 27.0. The SMILES string of the molecule is CC(=O)SC1C(=O)N(C)C(C)C(=O)N1C.CC(=O)[S-].CN1C(=O)C(Br)N(C)C(=O)C1Br.[K+]. The zero-order chi connectivity index (χ0) is 24.8. The van der Waals surface area contributed by atoms with Crippen molar-refractivity contribution in [1.82, 2.24) is 19.6 Å². The van der Waals surface area contributed by atoms with E-state index in [1.807, 2.05) is 0 Å². The molecule has 4 atom stereocenters. The molecule has 0 aromatic carbocycles. The Morgan fingerprint density at radius 1 is 0.781 bits per heavy atom. The van der Waals surface area contributed by atoms with Gasteiger partial charge in [-0.25, -0.2) is 0 Å². The Morgan fingerprint density at radius 2 is 1.12 bits per heavy atom. The van der Waals surface area contributed by atoms with Crippen molar-refractivity contribution >= 4 is 90.1 Å². The van der Waals surface area contributed by atoms with Gasteiger partial charge in [0, 0.05) is 40.2 Å². The quantitative estimate of drug-likeness (QED) is 0.132. The summed E-state index contributed by atoms with van der Waals surface area (Å²) >= 11 is 11.1. The molecule has 0 N–H and O–H groups in total. The van der Waals surface area contributed by atoms with Gasteiger partial charge in [0.15, 0.2) is 20.4 Å². The van der Waals surface area contributed by atoms with Crippen LogP contribution in [0.15, 0.2) is 0 Å². The third-order valence-electron chi connectivity index (χ3n) is 4.26. The zero-order valence-electron chi connectivity index (χ0n) is 19.1. The fourth-order valence-electron chi connectivity index (χ4n) is 2.28. The van der Waals surface area contributed by atoms with Gasteiger partial charge in [-0.3, -0.25) is 24.0 Å². The molecule has 2 rings (SSSR count). The number of carbonyl (C=O) groups excluding carboxylic acids is 6. The van der Waals surface area contributed by atoms with Crippen LogP contribution in [0.25, 0.3) is 0 Å². The van der Waals surface area contributed by atoms with E-state index in [0.717, 1.165) is 11.8 Å². The minimum Gasteiger partial charge on any atom is -0.742 e. The van der Waals surface area contributed by atoms with E-state index in [9.17, 15) is 28.8 Å². The standard InChI is InChI=1S/C9H14N2O3S.C6H8Br2N2O2.C2H4OS.K/c1-5-7(13)11(4)9(15-6(2)12)8(14)10(5)3;1-9-3(7)6(12)10(2)4(8)5(9)11;1-2(3)4;/h5,9H,1-4H3;3-4H,1-2H3;1H3,(H,3,4);/q;;;+1/p-1. The molecule has 0 bridgehead atoms. The summed E-state index contributed by atoms with van der Waals surface area (Å²) < 4.78 is 0. The van der Waals surface area contributed by atoms with Crippen LogP contribution < -0.4 is 51.4 Å². The average molecular weight is 644 g/mol. The molecule has 0 spiro atoms. The Morgan fingerprint density at radius 3 is 1.44 bits per heavy atom. The Hall–Kier alpha value is 0.386. The first-order valence-corrected chi connectivity index (χ1v) is 11.9. The third kappa shape index (κ3) is 9.56. The fourth-order valence-corrected chi connectivity index (χ4v) is 4.18. The van der Waals surface area contributed by atoms with E-state index in [1.54, 1.807) is 35.1 Å². The topological polar surface area (TPSA) is 115 Å². The van der Waals surface area contributed by atoms with Gasteiger partial charge in [-0.2, -0.15) is 0 Å². The Balaban J connectivity index is 0. The van der Waals surface area contributed by atoms with Crippen molar-refractivity contribution in [3.63, 3.8) is 0 Å². The van der Waals surface area contributed by atoms with E-state index in [1.165, 1.54) is 33.4 Å². The third-order valence-corrected chi connectivity index (χ3v) is 7.34. The van der Waals surface area contributed by atoms with Gasteiger partial charge in [-0.1, -0.05) is 43.6 Å². The van der Waals surface area contributed by atoms with Crippen LogP contribution in [0.4, 0.5) is 0 Å². The first-order chi connectivity index (χ1) is 14.1. The van der Waals surface area contributed by atoms with Gasteiger partial charge in [0.25, 0.3) is 17.7 Å². The minimum atomic E-state index is -0.712. The van der Waals surface area contributed by atoms with Crippen molar-refractivity contribution < 1.29 is 80.2 Å². The molecule has 10 nitrogen and oxygen atoms in total. The molecule has 32 heavy (non-hydrogen) atoms. The van der Waals surface area contributed by atoms with Crippen molar-refractivity contribution in [3.05, 3.63) is 0 Å². The van der Waals surface area contributed by atoms with Gasteiger partial charge in [-0.15, -0.1) is 0 Å². The minimum absolute atomic E-state index is 0. The number of hydrogen-bond acceptors (Lipinski definition) is 8. The van der Waals surface area contributed by atoms with Crippen LogP contribution in [0.5, 0.6) is 0 Å². The van der Waals surface area contributed by atoms with Crippen molar-refractivity contribution in [2.45, 2.75) is 42.1 Å². The Labute approximate surface area is 257 Å². The molecule has 0 aliphatic carbocycles. The van der Waals surface area contributed by atoms with E-state index in [4.69, 9.17) is 0 Å². The van der Waals surface area contributed by atoms with Crippen LogP contribution in [-0.4, -0.2) is 103 Å². The summed E-state index contributed by atoms with van der Waals surface area (Å²) in [4.78, 5) is 70.7. The van der Waals surface area contributed by atoms with Crippen molar-refractivity contribution in [1.29, 1.82) is 0 Å². The predicted octanol–water partition coefficient (Wildman–Crippen LogP) is -2.65. The molecule has 15 heteroatoms. The maximum absolute atomic E-state index is 11.8. The summed E-state index contributed by atoms with van der Waals surface area (Å²) in [6.07, 6.45) is 0. The number of alkyl halides is 2. The molecule has 2 heterocycles. The molecule has 4 unspecified atom stereocenters. The van der Waals surface area contributed by atoms with E-state index in [-0.39, 0.29) is 85.2 Å². The number of likely N-dealkylation sites (N-methyl/N-ethyl adjacent to an activating group) is 4. The monoisotopic (exact) mass is 642 g/mol. The Bertz CT molecular complexity index is 715. The van der Waals surface area contributed by atoms with E-state index in [0.29, 0.717) is 0 Å². The second-order valence-corrected chi connectivity index (χ2v) is 10.2. The normalized spacial score (nSPS) is 25.3. The second kappa shape index (κ2) is 15.4. The average Bonchev–Trinajstić information content (AvgIpc) is 2.69. The maximum atomic E-state index is 11.8. The van der Waals surface area contributed by atoms with E-state index < -0.39 is 21.3 Å². The molecule has 0 radical (unpaired) electrons. The Kier molecular flexibility index (Phi) is 16.6. The predicted molar refractivity (Wildman–Crippen MR) is 126 cm³/mol. The number of carbonyl (C=O) groups is 6. The largest absolute Gasteiger partial charge is 1.00 e. The van der Waals surface area contributed by atoms with Crippen molar-refractivity contribution in [2.24, 2.45) is 0 Å². The molecule has 0 aromatic heterocycles. The summed E-state index contributed by atoms with van der Waals surface area (Å²) in [6.45, 7) is 4.40. The number of nitrogens with zero attached hydrogens (tertiary/aromatic N) is 4. The van der Waals surface area contributed by atoms with Crippen LogP contribution in [0, 0.1) is 0 Å². The summed E-state index contributed by atoms with van der Waals surface area (Å²) in [7, 11) is 6.29. The molecule has 4 amide bonds. The number of thioether (sulfide) groups is 1. The molecule has 2 aliphatic heterocycles. The number of piperazine rings is 2. The van der Waals surface area contributed by atoms with Crippen LogP contribution in [0.2, 0.25) is 0 Å². The number of rotatable bonds is 1. The molecule has 2 fully saturated rings. The summed E-state index contributed by atoms with van der Waals surface area (Å²) in [5, 5.41) is -1.13. The molecular formula is C17H25Br2KN4O6S2. The first kappa shape index (κ1) is 34.6. The van der Waals surface area contributed by atoms with Gasteiger partial charge in [0.1, 0.15) is 6.04 Å². The molecule has 0 aromatic rings. The molecule has 2 aliphatic rings. The van der Waals surface area contributed by atoms with Gasteiger partial charge in [0.05, 0.1) is 0 Å². The number of halogens is 2. The smallest absolute Gasteiger partial charge is 0.742 e. The first-order valence-electron chi connectivity index (χ1n) is 8.75. The number of amides is 4. The van der Waals surface area contributed by atoms with Crippen molar-refractivity contribution in [2.75, 3.05) is 28.2 Å². The summed E-state index contributed by atoms with van der Waals surface area (Å²) in [5.41, 5.74) is 0.